The number of benzene rings is 1. The van der Waals surface area contributed by atoms with Crippen LogP contribution in [0, 0.1) is 0 Å². The fourth-order valence-corrected chi connectivity index (χ4v) is 1.79. The van der Waals surface area contributed by atoms with Gasteiger partial charge in [0.1, 0.15) is 12.6 Å². The molecule has 0 amide bonds. The third kappa shape index (κ3) is 3.21. The molecular formula is C11H14BrN3O. The van der Waals surface area contributed by atoms with Gasteiger partial charge < -0.3 is 15.8 Å². The Morgan fingerprint density at radius 1 is 1.44 bits per heavy atom. The quantitative estimate of drug-likeness (QED) is 0.875. The number of hydrogen-bond acceptors (Lipinski definition) is 4. The predicted molar refractivity (Wildman–Crippen MR) is 67.2 cm³/mol. The zero-order valence-corrected chi connectivity index (χ0v) is 10.4. The largest absolute Gasteiger partial charge is 0.463 e. The van der Waals surface area contributed by atoms with Crippen LogP contribution in [0.4, 0.5) is 0 Å². The molecule has 0 radical (unpaired) electrons. The van der Waals surface area contributed by atoms with Gasteiger partial charge in [-0.15, -0.1) is 0 Å². The lowest BCUT2D eigenvalue weighted by atomic mass is 10.2. The van der Waals surface area contributed by atoms with Crippen LogP contribution in [-0.2, 0) is 11.3 Å². The predicted octanol–water partition coefficient (Wildman–Crippen LogP) is 1.25. The average Bonchev–Trinajstić information content (AvgIpc) is 2.67. The topological polar surface area (TPSA) is 59.6 Å². The van der Waals surface area contributed by atoms with Crippen molar-refractivity contribution in [2.45, 2.75) is 12.6 Å². The number of hydrogen-bond donors (Lipinski definition) is 2. The number of ether oxygens (including phenoxy) is 1. The first kappa shape index (κ1) is 11.4. The van der Waals surface area contributed by atoms with Crippen LogP contribution in [0.1, 0.15) is 5.56 Å². The molecule has 1 aliphatic rings. The Balaban J connectivity index is 1.74. The van der Waals surface area contributed by atoms with Gasteiger partial charge >= 0.3 is 0 Å². The lowest BCUT2D eigenvalue weighted by molar-refractivity contribution is 0.309. The van der Waals surface area contributed by atoms with Gasteiger partial charge in [-0.3, -0.25) is 0 Å². The van der Waals surface area contributed by atoms with E-state index < -0.39 is 0 Å². The van der Waals surface area contributed by atoms with Gasteiger partial charge in [0.2, 0.25) is 0 Å². The smallest absolute Gasteiger partial charge is 0.282 e. The molecule has 16 heavy (non-hydrogen) atoms. The molecule has 0 aliphatic carbocycles. The standard InChI is InChI=1S/C11H14BrN3O/c12-9-3-1-8(2-4-9)5-14-6-10-7-16-11(13)15-10/h1-4,10,14H,5-7H2,(H2,13,15)/t10-/m0/s1. The summed E-state index contributed by atoms with van der Waals surface area (Å²) in [5.74, 6) is 0. The first-order valence-electron chi connectivity index (χ1n) is 5.15. The van der Waals surface area contributed by atoms with E-state index in [9.17, 15) is 0 Å². The number of aliphatic imine (C=N–C) groups is 1. The summed E-state index contributed by atoms with van der Waals surface area (Å²) in [6.45, 7) is 2.20. The maximum Gasteiger partial charge on any atom is 0.282 e. The molecule has 1 aliphatic heterocycles. The highest BCUT2D eigenvalue weighted by molar-refractivity contribution is 9.10. The summed E-state index contributed by atoms with van der Waals surface area (Å²) in [7, 11) is 0. The maximum absolute atomic E-state index is 5.42. The Bertz CT molecular complexity index is 377. The molecule has 0 saturated carbocycles. The van der Waals surface area contributed by atoms with Crippen molar-refractivity contribution < 1.29 is 4.74 Å². The Morgan fingerprint density at radius 2 is 2.19 bits per heavy atom. The summed E-state index contributed by atoms with van der Waals surface area (Å²) >= 11 is 3.41. The highest BCUT2D eigenvalue weighted by atomic mass is 79.9. The molecule has 1 heterocycles. The van der Waals surface area contributed by atoms with Crippen LogP contribution < -0.4 is 11.1 Å². The van der Waals surface area contributed by atoms with E-state index in [1.807, 2.05) is 12.1 Å². The first-order valence-corrected chi connectivity index (χ1v) is 5.94. The first-order chi connectivity index (χ1) is 7.74. The van der Waals surface area contributed by atoms with E-state index in [2.05, 4.69) is 38.4 Å². The third-order valence-electron chi connectivity index (χ3n) is 2.36. The molecule has 86 valence electrons. The Morgan fingerprint density at radius 3 is 2.81 bits per heavy atom. The molecule has 4 nitrogen and oxygen atoms in total. The van der Waals surface area contributed by atoms with Crippen molar-refractivity contribution in [2.75, 3.05) is 13.2 Å². The van der Waals surface area contributed by atoms with E-state index in [0.717, 1.165) is 17.6 Å². The van der Waals surface area contributed by atoms with Crippen molar-refractivity contribution >= 4 is 22.0 Å². The van der Waals surface area contributed by atoms with Crippen LogP contribution in [0.25, 0.3) is 0 Å². The summed E-state index contributed by atoms with van der Waals surface area (Å²) < 4.78 is 6.16. The van der Waals surface area contributed by atoms with E-state index in [4.69, 9.17) is 10.5 Å². The van der Waals surface area contributed by atoms with Crippen molar-refractivity contribution in [1.82, 2.24) is 5.32 Å². The van der Waals surface area contributed by atoms with Crippen molar-refractivity contribution in [3.8, 4) is 0 Å². The fourth-order valence-electron chi connectivity index (χ4n) is 1.53. The molecule has 1 aromatic rings. The highest BCUT2D eigenvalue weighted by Crippen LogP contribution is 2.10. The van der Waals surface area contributed by atoms with Gasteiger partial charge in [0.25, 0.3) is 6.02 Å². The Kier molecular flexibility index (Phi) is 3.79. The molecule has 0 spiro atoms. The zero-order valence-electron chi connectivity index (χ0n) is 8.82. The van der Waals surface area contributed by atoms with Gasteiger partial charge in [0, 0.05) is 17.6 Å². The second-order valence-electron chi connectivity index (χ2n) is 3.69. The van der Waals surface area contributed by atoms with Crippen LogP contribution >= 0.6 is 15.9 Å². The molecule has 0 aromatic heterocycles. The highest BCUT2D eigenvalue weighted by Gasteiger charge is 2.15. The van der Waals surface area contributed by atoms with E-state index in [1.54, 1.807) is 0 Å². The van der Waals surface area contributed by atoms with Gasteiger partial charge in [-0.2, -0.15) is 0 Å². The van der Waals surface area contributed by atoms with Gasteiger partial charge in [0.15, 0.2) is 0 Å². The minimum atomic E-state index is 0.149. The number of nitrogens with two attached hydrogens (primary N) is 1. The van der Waals surface area contributed by atoms with Crippen LogP contribution in [0.2, 0.25) is 0 Å². The lowest BCUT2D eigenvalue weighted by Gasteiger charge is -2.07. The fraction of sp³-hybridized carbons (Fsp3) is 0.364. The SMILES string of the molecule is NC1=N[C@@H](CNCc2ccc(Br)cc2)CO1. The van der Waals surface area contributed by atoms with E-state index in [0.29, 0.717) is 12.6 Å². The van der Waals surface area contributed by atoms with Crippen LogP contribution in [-0.4, -0.2) is 25.2 Å². The normalized spacial score (nSPS) is 19.3. The molecule has 0 fully saturated rings. The second kappa shape index (κ2) is 5.32. The molecule has 0 unspecified atom stereocenters. The van der Waals surface area contributed by atoms with Crippen molar-refractivity contribution in [2.24, 2.45) is 10.7 Å². The summed E-state index contributed by atoms with van der Waals surface area (Å²) in [5.41, 5.74) is 6.67. The minimum Gasteiger partial charge on any atom is -0.463 e. The number of nitrogens with one attached hydrogen (secondary N) is 1. The molecule has 1 aromatic carbocycles. The number of halogens is 1. The van der Waals surface area contributed by atoms with Crippen molar-refractivity contribution in [1.29, 1.82) is 0 Å². The molecular weight excluding hydrogens is 270 g/mol. The van der Waals surface area contributed by atoms with Crippen LogP contribution in [0.3, 0.4) is 0 Å². The van der Waals surface area contributed by atoms with Gasteiger partial charge in [-0.05, 0) is 17.7 Å². The zero-order chi connectivity index (χ0) is 11.4. The van der Waals surface area contributed by atoms with Crippen LogP contribution in [0.5, 0.6) is 0 Å². The van der Waals surface area contributed by atoms with Crippen molar-refractivity contribution in [3.63, 3.8) is 0 Å². The number of rotatable bonds is 4. The second-order valence-corrected chi connectivity index (χ2v) is 4.61. The summed E-state index contributed by atoms with van der Waals surface area (Å²) in [5, 5.41) is 3.33. The molecule has 5 heteroatoms. The molecule has 0 bridgehead atoms. The van der Waals surface area contributed by atoms with Crippen molar-refractivity contribution in [3.05, 3.63) is 34.3 Å². The van der Waals surface area contributed by atoms with Gasteiger partial charge in [-0.1, -0.05) is 28.1 Å². The van der Waals surface area contributed by atoms with E-state index in [1.165, 1.54) is 5.56 Å². The molecule has 0 saturated heterocycles. The van der Waals surface area contributed by atoms with Crippen LogP contribution in [0.15, 0.2) is 33.7 Å². The Hall–Kier alpha value is -1.07. The molecule has 1 atom stereocenters. The minimum absolute atomic E-state index is 0.149. The monoisotopic (exact) mass is 283 g/mol. The molecule has 3 N–H and O–H groups in total. The van der Waals surface area contributed by atoms with E-state index in [-0.39, 0.29) is 6.04 Å². The number of amidine groups is 1. The number of nitrogens with zero attached hydrogens (tertiary/aromatic N) is 1. The maximum atomic E-state index is 5.42. The summed E-state index contributed by atoms with van der Waals surface area (Å²) in [4.78, 5) is 4.14. The average molecular weight is 284 g/mol. The van der Waals surface area contributed by atoms with Gasteiger partial charge in [0.05, 0.1) is 0 Å². The lowest BCUT2D eigenvalue weighted by Crippen LogP contribution is -2.26. The summed E-state index contributed by atoms with van der Waals surface area (Å²) in [6, 6.07) is 8.68. The van der Waals surface area contributed by atoms with E-state index >= 15 is 0 Å². The third-order valence-corrected chi connectivity index (χ3v) is 2.88. The Labute approximate surface area is 103 Å². The molecule has 2 rings (SSSR count). The van der Waals surface area contributed by atoms with Gasteiger partial charge in [-0.25, -0.2) is 4.99 Å². The summed E-state index contributed by atoms with van der Waals surface area (Å²) in [6.07, 6.45) is 0.